The molecule has 3 rings (SSSR count). The summed E-state index contributed by atoms with van der Waals surface area (Å²) in [5.41, 5.74) is 3.91. The van der Waals surface area contributed by atoms with Gasteiger partial charge in [-0.15, -0.1) is 0 Å². The molecule has 0 fully saturated rings. The van der Waals surface area contributed by atoms with E-state index < -0.39 is 5.63 Å². The Balaban J connectivity index is 1.78. The lowest BCUT2D eigenvalue weighted by molar-refractivity contribution is -0.120. The number of benzene rings is 2. The first-order chi connectivity index (χ1) is 11.9. The fourth-order valence-corrected chi connectivity index (χ4v) is 2.80. The Labute approximate surface area is 150 Å². The minimum atomic E-state index is -0.419. The highest BCUT2D eigenvalue weighted by Crippen LogP contribution is 2.21. The number of hydrogen-bond donors (Lipinski definition) is 1. The van der Waals surface area contributed by atoms with Crippen LogP contribution in [0.4, 0.5) is 0 Å². The molecule has 1 heterocycles. The van der Waals surface area contributed by atoms with Crippen molar-refractivity contribution in [3.05, 3.63) is 80.2 Å². The van der Waals surface area contributed by atoms with Crippen LogP contribution in [-0.2, 0) is 17.8 Å². The van der Waals surface area contributed by atoms with Crippen molar-refractivity contribution in [3.8, 4) is 0 Å². The van der Waals surface area contributed by atoms with Crippen LogP contribution in [0.15, 0.2) is 51.7 Å². The number of fused-ring (bicyclic) bond motifs is 1. The van der Waals surface area contributed by atoms with Crippen molar-refractivity contribution >= 4 is 28.5 Å². The van der Waals surface area contributed by atoms with Gasteiger partial charge in [0.2, 0.25) is 5.91 Å². The monoisotopic (exact) mass is 355 g/mol. The molecule has 0 radical (unpaired) electrons. The van der Waals surface area contributed by atoms with Crippen molar-refractivity contribution in [3.63, 3.8) is 0 Å². The molecule has 0 saturated heterocycles. The molecule has 128 valence electrons. The third-order valence-corrected chi connectivity index (χ3v) is 4.45. The van der Waals surface area contributed by atoms with Crippen LogP contribution in [0.3, 0.4) is 0 Å². The summed E-state index contributed by atoms with van der Waals surface area (Å²) in [5.74, 6) is -0.118. The van der Waals surface area contributed by atoms with E-state index in [-0.39, 0.29) is 18.9 Å². The van der Waals surface area contributed by atoms with Crippen LogP contribution in [0.1, 0.15) is 22.3 Å². The first-order valence-electron chi connectivity index (χ1n) is 7.97. The predicted octanol–water partition coefficient (Wildman–Crippen LogP) is 3.92. The van der Waals surface area contributed by atoms with Crippen LogP contribution in [0.5, 0.6) is 0 Å². The van der Waals surface area contributed by atoms with Crippen LogP contribution >= 0.6 is 11.6 Å². The van der Waals surface area contributed by atoms with Gasteiger partial charge in [-0.3, -0.25) is 4.79 Å². The summed E-state index contributed by atoms with van der Waals surface area (Å²) in [6.07, 6.45) is 0.259. The van der Waals surface area contributed by atoms with Crippen molar-refractivity contribution in [1.82, 2.24) is 5.32 Å². The number of carbonyl (C=O) groups is 1. The average molecular weight is 356 g/mol. The smallest absolute Gasteiger partial charge is 0.336 e. The van der Waals surface area contributed by atoms with Crippen LogP contribution in [0.2, 0.25) is 5.02 Å². The Hall–Kier alpha value is -2.59. The zero-order chi connectivity index (χ0) is 18.0. The van der Waals surface area contributed by atoms with Crippen molar-refractivity contribution in [1.29, 1.82) is 0 Å². The molecule has 4 nitrogen and oxygen atoms in total. The van der Waals surface area contributed by atoms with Crippen LogP contribution < -0.4 is 10.9 Å². The van der Waals surface area contributed by atoms with E-state index in [0.717, 1.165) is 27.6 Å². The lowest BCUT2D eigenvalue weighted by Gasteiger charge is -2.10. The second kappa shape index (κ2) is 7.11. The summed E-state index contributed by atoms with van der Waals surface area (Å²) in [4.78, 5) is 23.9. The number of nitrogens with one attached hydrogen (secondary N) is 1. The molecule has 0 bridgehead atoms. The minimum Gasteiger partial charge on any atom is -0.423 e. The van der Waals surface area contributed by atoms with Crippen LogP contribution in [0.25, 0.3) is 11.0 Å². The molecule has 0 aliphatic heterocycles. The molecule has 0 atom stereocenters. The summed E-state index contributed by atoms with van der Waals surface area (Å²) in [7, 11) is 0. The molecule has 1 amide bonds. The lowest BCUT2D eigenvalue weighted by atomic mass is 10.0. The topological polar surface area (TPSA) is 59.3 Å². The third kappa shape index (κ3) is 4.09. The highest BCUT2D eigenvalue weighted by Gasteiger charge is 2.10. The number of hydrogen-bond acceptors (Lipinski definition) is 3. The number of aryl methyl sites for hydroxylation is 2. The maximum absolute atomic E-state index is 12.2. The van der Waals surface area contributed by atoms with Crippen LogP contribution in [-0.4, -0.2) is 5.91 Å². The van der Waals surface area contributed by atoms with Crippen molar-refractivity contribution in [2.24, 2.45) is 0 Å². The zero-order valence-electron chi connectivity index (χ0n) is 14.1. The molecule has 25 heavy (non-hydrogen) atoms. The van der Waals surface area contributed by atoms with Gasteiger partial charge in [0, 0.05) is 23.0 Å². The summed E-state index contributed by atoms with van der Waals surface area (Å²) >= 11 is 5.84. The van der Waals surface area contributed by atoms with Gasteiger partial charge in [0.25, 0.3) is 0 Å². The molecule has 1 aromatic heterocycles. The van der Waals surface area contributed by atoms with Crippen LogP contribution in [0, 0.1) is 13.8 Å². The normalized spacial score (nSPS) is 10.8. The van der Waals surface area contributed by atoms with Gasteiger partial charge in [-0.1, -0.05) is 23.7 Å². The molecular formula is C20H18ClNO3. The van der Waals surface area contributed by atoms with E-state index >= 15 is 0 Å². The van der Waals surface area contributed by atoms with Gasteiger partial charge in [0.1, 0.15) is 5.58 Å². The first kappa shape index (κ1) is 17.2. The van der Waals surface area contributed by atoms with Crippen molar-refractivity contribution in [2.75, 3.05) is 0 Å². The second-order valence-corrected chi connectivity index (χ2v) is 6.54. The van der Waals surface area contributed by atoms with Gasteiger partial charge in [-0.25, -0.2) is 4.79 Å². The van der Waals surface area contributed by atoms with Crippen molar-refractivity contribution in [2.45, 2.75) is 26.8 Å². The molecule has 1 N–H and O–H groups in total. The van der Waals surface area contributed by atoms with Gasteiger partial charge in [-0.05, 0) is 60.4 Å². The molecule has 0 aliphatic rings. The lowest BCUT2D eigenvalue weighted by Crippen LogP contribution is -2.25. The molecule has 5 heteroatoms. The third-order valence-electron chi connectivity index (χ3n) is 4.20. The van der Waals surface area contributed by atoms with E-state index in [1.165, 1.54) is 6.07 Å². The maximum Gasteiger partial charge on any atom is 0.336 e. The molecular weight excluding hydrogens is 338 g/mol. The highest BCUT2D eigenvalue weighted by molar-refractivity contribution is 6.30. The van der Waals surface area contributed by atoms with Gasteiger partial charge in [0.05, 0.1) is 6.42 Å². The molecule has 3 aromatic rings. The summed E-state index contributed by atoms with van der Waals surface area (Å²) < 4.78 is 5.27. The van der Waals surface area contributed by atoms with E-state index in [1.807, 2.05) is 38.1 Å². The molecule has 2 aromatic carbocycles. The van der Waals surface area contributed by atoms with Gasteiger partial charge in [0.15, 0.2) is 0 Å². The van der Waals surface area contributed by atoms with Crippen molar-refractivity contribution < 1.29 is 9.21 Å². The molecule has 0 aliphatic carbocycles. The SMILES string of the molecule is Cc1cc2oc(=O)cc(CNC(=O)Cc3ccc(Cl)cc3)c2cc1C. The largest absolute Gasteiger partial charge is 0.423 e. The predicted molar refractivity (Wildman–Crippen MR) is 99.0 cm³/mol. The molecule has 0 saturated carbocycles. The maximum atomic E-state index is 12.2. The minimum absolute atomic E-state index is 0.118. The summed E-state index contributed by atoms with van der Waals surface area (Å²) in [5, 5.41) is 4.34. The fourth-order valence-electron chi connectivity index (χ4n) is 2.67. The number of carbonyl (C=O) groups excluding carboxylic acids is 1. The number of rotatable bonds is 4. The van der Waals surface area contributed by atoms with Gasteiger partial charge < -0.3 is 9.73 Å². The zero-order valence-corrected chi connectivity index (χ0v) is 14.8. The van der Waals surface area contributed by atoms with E-state index in [2.05, 4.69) is 5.32 Å². The van der Waals surface area contributed by atoms with E-state index in [9.17, 15) is 9.59 Å². The Morgan fingerprint density at radius 1 is 1.08 bits per heavy atom. The summed E-state index contributed by atoms with van der Waals surface area (Å²) in [6, 6.07) is 12.4. The standard InChI is InChI=1S/C20H18ClNO3/c1-12-7-17-15(10-20(24)25-18(17)8-13(12)2)11-22-19(23)9-14-3-5-16(21)6-4-14/h3-8,10H,9,11H2,1-2H3,(H,22,23). The Kier molecular flexibility index (Phi) is 4.91. The number of halogens is 1. The molecule has 0 unspecified atom stereocenters. The summed E-state index contributed by atoms with van der Waals surface area (Å²) in [6.45, 7) is 4.25. The van der Waals surface area contributed by atoms with E-state index in [0.29, 0.717) is 10.6 Å². The van der Waals surface area contributed by atoms with Gasteiger partial charge in [-0.2, -0.15) is 0 Å². The average Bonchev–Trinajstić information content (AvgIpc) is 2.56. The highest BCUT2D eigenvalue weighted by atomic mass is 35.5. The van der Waals surface area contributed by atoms with E-state index in [4.69, 9.17) is 16.0 Å². The number of amides is 1. The Bertz CT molecular complexity index is 990. The molecule has 0 spiro atoms. The van der Waals surface area contributed by atoms with Gasteiger partial charge >= 0.3 is 5.63 Å². The Morgan fingerprint density at radius 2 is 1.76 bits per heavy atom. The quantitative estimate of drug-likeness (QED) is 0.721. The first-order valence-corrected chi connectivity index (χ1v) is 8.35. The fraction of sp³-hybridized carbons (Fsp3) is 0.200. The Morgan fingerprint density at radius 3 is 2.48 bits per heavy atom. The van der Waals surface area contributed by atoms with E-state index in [1.54, 1.807) is 12.1 Å². The second-order valence-electron chi connectivity index (χ2n) is 6.10.